The molecule has 61 heavy (non-hydrogen) atoms. The maximum absolute atomic E-state index is 7.18. The van der Waals surface area contributed by atoms with Crippen LogP contribution in [0, 0.1) is 0 Å². The summed E-state index contributed by atoms with van der Waals surface area (Å²) in [5, 5.41) is 14.6. The highest BCUT2D eigenvalue weighted by molar-refractivity contribution is 6.30. The molecule has 0 saturated heterocycles. The molecule has 1 heteroatoms. The highest BCUT2D eigenvalue weighted by atomic mass is 16.3. The minimum absolute atomic E-state index is 0.883. The molecular formula is C60H36O. The van der Waals surface area contributed by atoms with E-state index in [0.717, 1.165) is 32.9 Å². The Kier molecular flexibility index (Phi) is 7.37. The van der Waals surface area contributed by atoms with Crippen LogP contribution < -0.4 is 0 Å². The van der Waals surface area contributed by atoms with E-state index in [-0.39, 0.29) is 0 Å². The van der Waals surface area contributed by atoms with Gasteiger partial charge in [-0.2, -0.15) is 0 Å². The fourth-order valence-corrected chi connectivity index (χ4v) is 10.3. The van der Waals surface area contributed by atoms with E-state index >= 15 is 0 Å². The molecule has 13 aromatic rings. The Morgan fingerprint density at radius 1 is 0.230 bits per heavy atom. The van der Waals surface area contributed by atoms with Gasteiger partial charge in [-0.15, -0.1) is 0 Å². The molecule has 0 unspecified atom stereocenters. The molecule has 0 N–H and O–H groups in total. The lowest BCUT2D eigenvalue weighted by molar-refractivity contribution is 0.673. The summed E-state index contributed by atoms with van der Waals surface area (Å²) in [6, 6.07) is 79.9. The van der Waals surface area contributed by atoms with E-state index in [2.05, 4.69) is 218 Å². The van der Waals surface area contributed by atoms with Crippen molar-refractivity contribution in [1.29, 1.82) is 0 Å². The van der Waals surface area contributed by atoms with Gasteiger partial charge in [-0.3, -0.25) is 0 Å². The molecule has 0 spiro atoms. The Morgan fingerprint density at radius 2 is 0.656 bits per heavy atom. The van der Waals surface area contributed by atoms with Crippen molar-refractivity contribution in [1.82, 2.24) is 0 Å². The van der Waals surface area contributed by atoms with E-state index in [9.17, 15) is 0 Å². The molecule has 0 atom stereocenters. The number of furan rings is 1. The smallest absolute Gasteiger partial charge is 0.143 e. The second-order valence-electron chi connectivity index (χ2n) is 16.3. The quantitative estimate of drug-likeness (QED) is 0.159. The second kappa shape index (κ2) is 13.3. The summed E-state index contributed by atoms with van der Waals surface area (Å²) < 4.78 is 7.18. The first kappa shape index (κ1) is 33.9. The molecule has 282 valence electrons. The lowest BCUT2D eigenvalue weighted by atomic mass is 9.85. The molecule has 0 aliphatic heterocycles. The first-order chi connectivity index (χ1) is 30.3. The van der Waals surface area contributed by atoms with Gasteiger partial charge >= 0.3 is 0 Å². The van der Waals surface area contributed by atoms with Gasteiger partial charge in [0.25, 0.3) is 0 Å². The predicted molar refractivity (Wildman–Crippen MR) is 260 cm³/mol. The minimum Gasteiger partial charge on any atom is -0.455 e. The molecular weight excluding hydrogens is 737 g/mol. The Labute approximate surface area is 352 Å². The van der Waals surface area contributed by atoms with Crippen LogP contribution in [0.4, 0.5) is 0 Å². The van der Waals surface area contributed by atoms with E-state index in [4.69, 9.17) is 4.42 Å². The van der Waals surface area contributed by atoms with Gasteiger partial charge in [0, 0.05) is 16.2 Å². The zero-order chi connectivity index (χ0) is 40.0. The molecule has 0 aliphatic rings. The van der Waals surface area contributed by atoms with Crippen molar-refractivity contribution in [3.63, 3.8) is 0 Å². The largest absolute Gasteiger partial charge is 0.455 e. The lowest BCUT2D eigenvalue weighted by Crippen LogP contribution is -1.91. The Bertz CT molecular complexity index is 3840. The van der Waals surface area contributed by atoms with Gasteiger partial charge in [0.15, 0.2) is 0 Å². The zero-order valence-electron chi connectivity index (χ0n) is 33.2. The fourth-order valence-electron chi connectivity index (χ4n) is 10.3. The summed E-state index contributed by atoms with van der Waals surface area (Å²) in [6.07, 6.45) is 0. The number of fused-ring (bicyclic) bond motifs is 6. The summed E-state index contributed by atoms with van der Waals surface area (Å²) in [7, 11) is 0. The molecule has 0 saturated carbocycles. The average Bonchev–Trinajstić information content (AvgIpc) is 3.72. The Hall–Kier alpha value is -8.00. The monoisotopic (exact) mass is 772 g/mol. The summed E-state index contributed by atoms with van der Waals surface area (Å²) in [4.78, 5) is 0. The van der Waals surface area contributed by atoms with Crippen LogP contribution in [-0.2, 0) is 0 Å². The van der Waals surface area contributed by atoms with Crippen LogP contribution in [0.15, 0.2) is 223 Å². The third-order valence-electron chi connectivity index (χ3n) is 13.0. The number of benzene rings is 12. The molecule has 0 fully saturated rings. The Balaban J connectivity index is 1.12. The van der Waals surface area contributed by atoms with Gasteiger partial charge in [-0.1, -0.05) is 200 Å². The standard InChI is InChI=1S/C60H36O/c1-4-13-37(14-5-1)43-21-12-22-53-49(43)33-34-54-59-55(50-28-24-41-25-29-51-45(39-17-8-3-9-18-39)27-23-40-26-30-52(50)58(41)57(40)51)35-42(36-56(59)61-60(53)54)46-32-31-44(38-15-6-2-7-16-38)47-19-10-11-20-48(46)47/h1-36H. The van der Waals surface area contributed by atoms with Crippen LogP contribution in [0.2, 0.25) is 0 Å². The third kappa shape index (κ3) is 5.14. The number of hydrogen-bond acceptors (Lipinski definition) is 1. The molecule has 12 aromatic carbocycles. The lowest BCUT2D eigenvalue weighted by Gasteiger charge is -2.18. The summed E-state index contributed by atoms with van der Waals surface area (Å²) in [5.41, 5.74) is 13.8. The van der Waals surface area contributed by atoms with Crippen molar-refractivity contribution in [2.75, 3.05) is 0 Å². The van der Waals surface area contributed by atoms with E-state index in [1.165, 1.54) is 98.5 Å². The van der Waals surface area contributed by atoms with Gasteiger partial charge in [0.2, 0.25) is 0 Å². The molecule has 0 radical (unpaired) electrons. The zero-order valence-corrected chi connectivity index (χ0v) is 33.2. The first-order valence-electron chi connectivity index (χ1n) is 21.1. The van der Waals surface area contributed by atoms with Crippen molar-refractivity contribution >= 4 is 75.8 Å². The molecule has 1 heterocycles. The van der Waals surface area contributed by atoms with Crippen LogP contribution in [0.25, 0.3) is 131 Å². The van der Waals surface area contributed by atoms with Crippen molar-refractivity contribution in [3.05, 3.63) is 218 Å². The van der Waals surface area contributed by atoms with Crippen LogP contribution in [-0.4, -0.2) is 0 Å². The van der Waals surface area contributed by atoms with E-state index < -0.39 is 0 Å². The molecule has 13 rings (SSSR count). The number of rotatable bonds is 5. The maximum atomic E-state index is 7.18. The van der Waals surface area contributed by atoms with E-state index in [1.54, 1.807) is 0 Å². The van der Waals surface area contributed by atoms with Crippen molar-refractivity contribution in [2.45, 2.75) is 0 Å². The summed E-state index contributed by atoms with van der Waals surface area (Å²) >= 11 is 0. The predicted octanol–water partition coefficient (Wildman–Crippen LogP) is 17.1. The van der Waals surface area contributed by atoms with Crippen molar-refractivity contribution < 1.29 is 4.42 Å². The highest BCUT2D eigenvalue weighted by Gasteiger charge is 2.22. The summed E-state index contributed by atoms with van der Waals surface area (Å²) in [5.74, 6) is 0. The van der Waals surface area contributed by atoms with Crippen LogP contribution in [0.5, 0.6) is 0 Å². The molecule has 1 aromatic heterocycles. The SMILES string of the molecule is c1ccc(-c2ccc(-c3cc(-c4ccc5ccc6c(-c7ccccc7)ccc7ccc4c5c76)c4c(c3)oc3c5cccc(-c6ccccc6)c5ccc34)c3ccccc23)cc1. The molecule has 1 nitrogen and oxygen atoms in total. The van der Waals surface area contributed by atoms with Gasteiger partial charge in [-0.25, -0.2) is 0 Å². The fraction of sp³-hybridized carbons (Fsp3) is 0. The second-order valence-corrected chi connectivity index (χ2v) is 16.3. The normalized spacial score (nSPS) is 11.9. The minimum atomic E-state index is 0.883. The van der Waals surface area contributed by atoms with Crippen LogP contribution in [0.3, 0.4) is 0 Å². The topological polar surface area (TPSA) is 13.1 Å². The van der Waals surface area contributed by atoms with Crippen LogP contribution in [0.1, 0.15) is 0 Å². The van der Waals surface area contributed by atoms with Crippen LogP contribution >= 0.6 is 0 Å². The number of hydrogen-bond donors (Lipinski definition) is 0. The van der Waals surface area contributed by atoms with Gasteiger partial charge in [0.05, 0.1) is 0 Å². The maximum Gasteiger partial charge on any atom is 0.143 e. The van der Waals surface area contributed by atoms with Gasteiger partial charge in [-0.05, 0) is 122 Å². The van der Waals surface area contributed by atoms with E-state index in [1.807, 2.05) is 0 Å². The van der Waals surface area contributed by atoms with Gasteiger partial charge < -0.3 is 4.42 Å². The van der Waals surface area contributed by atoms with Crippen molar-refractivity contribution in [2.24, 2.45) is 0 Å². The van der Waals surface area contributed by atoms with Gasteiger partial charge in [0.1, 0.15) is 11.2 Å². The molecule has 0 amide bonds. The third-order valence-corrected chi connectivity index (χ3v) is 13.0. The van der Waals surface area contributed by atoms with Crippen molar-refractivity contribution in [3.8, 4) is 55.6 Å². The summed E-state index contributed by atoms with van der Waals surface area (Å²) in [6.45, 7) is 0. The average molecular weight is 773 g/mol. The molecule has 0 bridgehead atoms. The Morgan fingerprint density at radius 3 is 1.28 bits per heavy atom. The van der Waals surface area contributed by atoms with E-state index in [0.29, 0.717) is 0 Å². The molecule has 0 aliphatic carbocycles. The highest BCUT2D eigenvalue weighted by Crippen LogP contribution is 2.48. The first-order valence-corrected chi connectivity index (χ1v) is 21.1.